The molecule has 1 saturated carbocycles. The molecule has 1 aliphatic carbocycles. The summed E-state index contributed by atoms with van der Waals surface area (Å²) in [5.41, 5.74) is 0. The zero-order valence-corrected chi connectivity index (χ0v) is 8.90. The van der Waals surface area contributed by atoms with E-state index in [9.17, 15) is 8.42 Å². The fourth-order valence-corrected chi connectivity index (χ4v) is 4.26. The van der Waals surface area contributed by atoms with Crippen molar-refractivity contribution in [2.24, 2.45) is 5.92 Å². The fourth-order valence-electron chi connectivity index (χ4n) is 2.20. The fraction of sp³-hybridized carbons (Fsp3) is 1.00. The number of rotatable bonds is 2. The van der Waals surface area contributed by atoms with Gasteiger partial charge in [0, 0.05) is 23.9 Å². The molecule has 13 heavy (non-hydrogen) atoms. The molecule has 0 radical (unpaired) electrons. The van der Waals surface area contributed by atoms with Crippen molar-refractivity contribution < 1.29 is 13.2 Å². The van der Waals surface area contributed by atoms with Crippen molar-refractivity contribution in [3.05, 3.63) is 0 Å². The van der Waals surface area contributed by atoms with E-state index in [0.717, 1.165) is 25.7 Å². The van der Waals surface area contributed by atoms with Crippen LogP contribution in [0.25, 0.3) is 0 Å². The Morgan fingerprint density at radius 2 is 1.77 bits per heavy atom. The Bertz CT molecular complexity index is 289. The largest absolute Gasteiger partial charge is 0.381 e. The molecular formula is C8H13ClO3S. The molecule has 0 bridgehead atoms. The van der Waals surface area contributed by atoms with Gasteiger partial charge in [0.2, 0.25) is 9.05 Å². The third kappa shape index (κ3) is 1.60. The van der Waals surface area contributed by atoms with Crippen molar-refractivity contribution >= 4 is 19.7 Å². The molecule has 0 aromatic heterocycles. The Labute approximate surface area is 82.8 Å². The smallest absolute Gasteiger partial charge is 0.238 e. The highest BCUT2D eigenvalue weighted by atomic mass is 35.7. The predicted octanol–water partition coefficient (Wildman–Crippen LogP) is 1.51. The van der Waals surface area contributed by atoms with Crippen LogP contribution >= 0.6 is 10.7 Å². The van der Waals surface area contributed by atoms with Gasteiger partial charge in [0.15, 0.2) is 0 Å². The van der Waals surface area contributed by atoms with Crippen LogP contribution in [0.4, 0.5) is 0 Å². The monoisotopic (exact) mass is 224 g/mol. The summed E-state index contributed by atoms with van der Waals surface area (Å²) in [7, 11) is 2.08. The summed E-state index contributed by atoms with van der Waals surface area (Å²) in [6.07, 6.45) is 3.16. The molecule has 2 fully saturated rings. The minimum Gasteiger partial charge on any atom is -0.381 e. The first kappa shape index (κ1) is 9.74. The summed E-state index contributed by atoms with van der Waals surface area (Å²) in [6, 6.07) is 0. The van der Waals surface area contributed by atoms with Crippen molar-refractivity contribution in [3.8, 4) is 0 Å². The quantitative estimate of drug-likeness (QED) is 0.668. The molecule has 2 rings (SSSR count). The van der Waals surface area contributed by atoms with E-state index >= 15 is 0 Å². The highest BCUT2D eigenvalue weighted by Crippen LogP contribution is 2.54. The molecule has 0 atom stereocenters. The number of halogens is 1. The third-order valence-corrected chi connectivity index (χ3v) is 5.83. The molecule has 0 aromatic rings. The standard InChI is InChI=1S/C8H13ClO3S/c9-13(10,11)8(3-4-8)7-1-5-12-6-2-7/h7H,1-6H2. The average Bonchev–Trinajstić information content (AvgIpc) is 2.84. The third-order valence-electron chi connectivity index (χ3n) is 3.19. The molecule has 5 heteroatoms. The van der Waals surface area contributed by atoms with Crippen LogP contribution in [0.15, 0.2) is 0 Å². The minimum absolute atomic E-state index is 0.226. The van der Waals surface area contributed by atoms with E-state index in [4.69, 9.17) is 15.4 Å². The minimum atomic E-state index is -3.37. The average molecular weight is 225 g/mol. The molecule has 1 heterocycles. The number of hydrogen-bond donors (Lipinski definition) is 0. The maximum Gasteiger partial charge on any atom is 0.238 e. The van der Waals surface area contributed by atoms with E-state index in [1.54, 1.807) is 0 Å². The molecule has 2 aliphatic rings. The van der Waals surface area contributed by atoms with Crippen LogP contribution in [0.3, 0.4) is 0 Å². The molecule has 0 amide bonds. The molecule has 76 valence electrons. The predicted molar refractivity (Wildman–Crippen MR) is 50.3 cm³/mol. The zero-order valence-electron chi connectivity index (χ0n) is 7.33. The highest BCUT2D eigenvalue weighted by molar-refractivity contribution is 8.15. The molecular weight excluding hydrogens is 212 g/mol. The van der Waals surface area contributed by atoms with Crippen molar-refractivity contribution in [1.29, 1.82) is 0 Å². The van der Waals surface area contributed by atoms with Crippen molar-refractivity contribution in [2.45, 2.75) is 30.4 Å². The van der Waals surface area contributed by atoms with Gasteiger partial charge in [-0.15, -0.1) is 0 Å². The van der Waals surface area contributed by atoms with Crippen LogP contribution in [-0.2, 0) is 13.8 Å². The zero-order chi connectivity index (χ0) is 9.53. The molecule has 0 unspecified atom stereocenters. The van der Waals surface area contributed by atoms with Crippen LogP contribution in [0.1, 0.15) is 25.7 Å². The Balaban J connectivity index is 2.15. The number of hydrogen-bond acceptors (Lipinski definition) is 3. The van der Waals surface area contributed by atoms with E-state index < -0.39 is 13.8 Å². The van der Waals surface area contributed by atoms with Crippen LogP contribution in [0, 0.1) is 5.92 Å². The van der Waals surface area contributed by atoms with E-state index in [1.807, 2.05) is 0 Å². The lowest BCUT2D eigenvalue weighted by Gasteiger charge is -2.27. The van der Waals surface area contributed by atoms with Crippen molar-refractivity contribution in [1.82, 2.24) is 0 Å². The van der Waals surface area contributed by atoms with Crippen molar-refractivity contribution in [3.63, 3.8) is 0 Å². The summed E-state index contributed by atoms with van der Waals surface area (Å²) < 4.78 is 27.3. The molecule has 3 nitrogen and oxygen atoms in total. The Morgan fingerprint density at radius 3 is 2.15 bits per heavy atom. The van der Waals surface area contributed by atoms with Crippen LogP contribution < -0.4 is 0 Å². The Morgan fingerprint density at radius 1 is 1.23 bits per heavy atom. The lowest BCUT2D eigenvalue weighted by atomic mass is 9.94. The summed E-state index contributed by atoms with van der Waals surface area (Å²) in [4.78, 5) is 0. The summed E-state index contributed by atoms with van der Waals surface area (Å²) in [5, 5.41) is 0. The van der Waals surface area contributed by atoms with Gasteiger partial charge in [-0.3, -0.25) is 0 Å². The molecule has 1 saturated heterocycles. The highest BCUT2D eigenvalue weighted by Gasteiger charge is 2.58. The van der Waals surface area contributed by atoms with Gasteiger partial charge >= 0.3 is 0 Å². The molecule has 0 N–H and O–H groups in total. The second-order valence-electron chi connectivity index (χ2n) is 3.89. The van der Waals surface area contributed by atoms with Crippen LogP contribution in [0.2, 0.25) is 0 Å². The second-order valence-corrected chi connectivity index (χ2v) is 6.80. The van der Waals surface area contributed by atoms with E-state index in [1.165, 1.54) is 0 Å². The van der Waals surface area contributed by atoms with Crippen LogP contribution in [-0.4, -0.2) is 26.4 Å². The van der Waals surface area contributed by atoms with Gasteiger partial charge in [0.25, 0.3) is 0 Å². The van der Waals surface area contributed by atoms with Gasteiger partial charge in [-0.25, -0.2) is 8.42 Å². The van der Waals surface area contributed by atoms with Gasteiger partial charge in [-0.1, -0.05) is 0 Å². The van der Waals surface area contributed by atoms with Gasteiger partial charge < -0.3 is 4.74 Å². The first-order valence-corrected chi connectivity index (χ1v) is 6.89. The lowest BCUT2D eigenvalue weighted by Crippen LogP contribution is -2.33. The van der Waals surface area contributed by atoms with Crippen molar-refractivity contribution in [2.75, 3.05) is 13.2 Å². The first-order valence-electron chi connectivity index (χ1n) is 4.58. The Kier molecular flexibility index (Phi) is 2.33. The lowest BCUT2D eigenvalue weighted by molar-refractivity contribution is 0.0629. The summed E-state index contributed by atoms with van der Waals surface area (Å²) >= 11 is 0. The van der Waals surface area contributed by atoms with E-state index in [0.29, 0.717) is 13.2 Å². The Hall–Kier alpha value is 0.200. The van der Waals surface area contributed by atoms with Gasteiger partial charge in [-0.2, -0.15) is 0 Å². The summed E-state index contributed by atoms with van der Waals surface area (Å²) in [6.45, 7) is 1.36. The van der Waals surface area contributed by atoms with Gasteiger partial charge in [0.05, 0.1) is 4.75 Å². The maximum absolute atomic E-state index is 11.3. The molecule has 0 aromatic carbocycles. The molecule has 0 spiro atoms. The normalized spacial score (nSPS) is 28.7. The van der Waals surface area contributed by atoms with Gasteiger partial charge in [-0.05, 0) is 31.6 Å². The maximum atomic E-state index is 11.3. The van der Waals surface area contributed by atoms with E-state index in [2.05, 4.69) is 0 Å². The summed E-state index contributed by atoms with van der Waals surface area (Å²) in [5.74, 6) is 0.226. The second kappa shape index (κ2) is 3.11. The van der Waals surface area contributed by atoms with E-state index in [-0.39, 0.29) is 5.92 Å². The first-order chi connectivity index (χ1) is 6.06. The van der Waals surface area contributed by atoms with Crippen LogP contribution in [0.5, 0.6) is 0 Å². The number of ether oxygens (including phenoxy) is 1. The SMILES string of the molecule is O=S(=O)(Cl)C1(C2CCOCC2)CC1. The van der Waals surface area contributed by atoms with Gasteiger partial charge in [0.1, 0.15) is 0 Å². The molecule has 1 aliphatic heterocycles. The topological polar surface area (TPSA) is 43.4 Å².